The van der Waals surface area contributed by atoms with E-state index in [0.29, 0.717) is 6.04 Å². The molecule has 0 aliphatic heterocycles. The van der Waals surface area contributed by atoms with E-state index in [1.54, 1.807) is 0 Å². The van der Waals surface area contributed by atoms with Gasteiger partial charge in [-0.2, -0.15) is 0 Å². The van der Waals surface area contributed by atoms with Crippen molar-refractivity contribution in [2.75, 3.05) is 6.54 Å². The van der Waals surface area contributed by atoms with Crippen molar-refractivity contribution in [2.24, 2.45) is 0 Å². The first-order valence-corrected chi connectivity index (χ1v) is 6.28. The molecule has 1 heterocycles. The molecule has 1 unspecified atom stereocenters. The van der Waals surface area contributed by atoms with Crippen molar-refractivity contribution in [1.82, 2.24) is 10.3 Å². The Labute approximate surface area is 103 Å². The third kappa shape index (κ3) is 2.98. The van der Waals surface area contributed by atoms with Gasteiger partial charge in [0.15, 0.2) is 0 Å². The third-order valence-corrected chi connectivity index (χ3v) is 3.00. The van der Waals surface area contributed by atoms with Gasteiger partial charge in [0.25, 0.3) is 0 Å². The van der Waals surface area contributed by atoms with Crippen molar-refractivity contribution >= 4 is 0 Å². The number of rotatable bonds is 5. The number of hydrogen-bond acceptors (Lipinski definition) is 1. The monoisotopic (exact) mass is 228 g/mol. The molecule has 0 bridgehead atoms. The number of aromatic amines is 1. The second-order valence-electron chi connectivity index (χ2n) is 4.39. The van der Waals surface area contributed by atoms with Crippen LogP contribution in [-0.2, 0) is 0 Å². The average Bonchev–Trinajstić information content (AvgIpc) is 2.90. The van der Waals surface area contributed by atoms with Crippen molar-refractivity contribution in [3.63, 3.8) is 0 Å². The Morgan fingerprint density at radius 2 is 2.12 bits per heavy atom. The van der Waals surface area contributed by atoms with Crippen LogP contribution in [0.3, 0.4) is 0 Å². The maximum Gasteiger partial charge on any atom is 0.0453 e. The second-order valence-corrected chi connectivity index (χ2v) is 4.39. The molecular weight excluding hydrogens is 208 g/mol. The molecule has 2 N–H and O–H groups in total. The summed E-state index contributed by atoms with van der Waals surface area (Å²) in [6.45, 7) is 5.46. The van der Waals surface area contributed by atoms with Gasteiger partial charge < -0.3 is 10.3 Å². The molecule has 17 heavy (non-hydrogen) atoms. The lowest BCUT2D eigenvalue weighted by Crippen LogP contribution is -2.19. The van der Waals surface area contributed by atoms with E-state index in [2.05, 4.69) is 54.5 Å². The summed E-state index contributed by atoms with van der Waals surface area (Å²) in [4.78, 5) is 3.24. The van der Waals surface area contributed by atoms with Gasteiger partial charge in [0.05, 0.1) is 0 Å². The second kappa shape index (κ2) is 5.69. The first-order chi connectivity index (χ1) is 8.31. The van der Waals surface area contributed by atoms with Crippen LogP contribution in [-0.4, -0.2) is 11.5 Å². The lowest BCUT2D eigenvalue weighted by atomic mass is 10.0. The minimum absolute atomic E-state index is 0.407. The smallest absolute Gasteiger partial charge is 0.0453 e. The van der Waals surface area contributed by atoms with Gasteiger partial charge in [-0.1, -0.05) is 25.1 Å². The van der Waals surface area contributed by atoms with Gasteiger partial charge in [0.1, 0.15) is 0 Å². The van der Waals surface area contributed by atoms with E-state index in [1.807, 2.05) is 12.3 Å². The molecule has 0 fully saturated rings. The van der Waals surface area contributed by atoms with Gasteiger partial charge in [-0.05, 0) is 49.2 Å². The molecule has 1 aromatic heterocycles. The van der Waals surface area contributed by atoms with Crippen molar-refractivity contribution in [3.8, 4) is 11.3 Å². The Morgan fingerprint density at radius 3 is 2.82 bits per heavy atom. The van der Waals surface area contributed by atoms with Crippen LogP contribution >= 0.6 is 0 Å². The SMILES string of the molecule is CCCNC(C)c1cccc(-c2ccc[nH]2)c1. The molecule has 2 heteroatoms. The zero-order chi connectivity index (χ0) is 12.1. The van der Waals surface area contributed by atoms with Crippen LogP contribution in [0.5, 0.6) is 0 Å². The van der Waals surface area contributed by atoms with Crippen LogP contribution < -0.4 is 5.32 Å². The maximum atomic E-state index is 3.51. The van der Waals surface area contributed by atoms with Crippen molar-refractivity contribution < 1.29 is 0 Å². The van der Waals surface area contributed by atoms with Crippen molar-refractivity contribution in [1.29, 1.82) is 0 Å². The highest BCUT2D eigenvalue weighted by Crippen LogP contribution is 2.21. The highest BCUT2D eigenvalue weighted by Gasteiger charge is 2.05. The molecule has 1 atom stereocenters. The zero-order valence-electron chi connectivity index (χ0n) is 10.5. The summed E-state index contributed by atoms with van der Waals surface area (Å²) >= 11 is 0. The Hall–Kier alpha value is -1.54. The van der Waals surface area contributed by atoms with E-state index in [1.165, 1.54) is 23.2 Å². The fourth-order valence-corrected chi connectivity index (χ4v) is 1.96. The Bertz CT molecular complexity index is 446. The topological polar surface area (TPSA) is 27.8 Å². The largest absolute Gasteiger partial charge is 0.361 e. The zero-order valence-corrected chi connectivity index (χ0v) is 10.5. The molecular formula is C15H20N2. The lowest BCUT2D eigenvalue weighted by molar-refractivity contribution is 0.571. The molecule has 0 amide bonds. The molecule has 2 nitrogen and oxygen atoms in total. The van der Waals surface area contributed by atoms with Gasteiger partial charge in [0, 0.05) is 17.9 Å². The Kier molecular flexibility index (Phi) is 3.99. The molecule has 2 rings (SSSR count). The molecule has 0 saturated carbocycles. The van der Waals surface area contributed by atoms with E-state index in [0.717, 1.165) is 6.54 Å². The van der Waals surface area contributed by atoms with Crippen LogP contribution in [0.15, 0.2) is 42.6 Å². The van der Waals surface area contributed by atoms with Crippen molar-refractivity contribution in [2.45, 2.75) is 26.3 Å². The van der Waals surface area contributed by atoms with Gasteiger partial charge in [-0.3, -0.25) is 0 Å². The fourth-order valence-electron chi connectivity index (χ4n) is 1.96. The fraction of sp³-hybridized carbons (Fsp3) is 0.333. The number of benzene rings is 1. The average molecular weight is 228 g/mol. The van der Waals surface area contributed by atoms with E-state index in [-0.39, 0.29) is 0 Å². The van der Waals surface area contributed by atoms with E-state index in [4.69, 9.17) is 0 Å². The van der Waals surface area contributed by atoms with E-state index >= 15 is 0 Å². The van der Waals surface area contributed by atoms with E-state index in [9.17, 15) is 0 Å². The van der Waals surface area contributed by atoms with Crippen LogP contribution in [0, 0.1) is 0 Å². The molecule has 0 spiro atoms. The molecule has 0 radical (unpaired) electrons. The van der Waals surface area contributed by atoms with Crippen molar-refractivity contribution in [3.05, 3.63) is 48.2 Å². The van der Waals surface area contributed by atoms with Gasteiger partial charge >= 0.3 is 0 Å². The van der Waals surface area contributed by atoms with E-state index < -0.39 is 0 Å². The molecule has 90 valence electrons. The molecule has 2 aromatic rings. The van der Waals surface area contributed by atoms with Crippen LogP contribution in [0.2, 0.25) is 0 Å². The van der Waals surface area contributed by atoms with Gasteiger partial charge in [-0.25, -0.2) is 0 Å². The van der Waals surface area contributed by atoms with Crippen LogP contribution in [0.1, 0.15) is 31.9 Å². The molecule has 0 saturated heterocycles. The number of aromatic nitrogens is 1. The molecule has 0 aliphatic carbocycles. The summed E-state index contributed by atoms with van der Waals surface area (Å²) in [6, 6.07) is 13.2. The summed E-state index contributed by atoms with van der Waals surface area (Å²) in [6.07, 6.45) is 3.13. The van der Waals surface area contributed by atoms with Gasteiger partial charge in [-0.15, -0.1) is 0 Å². The first kappa shape index (κ1) is 11.9. The maximum absolute atomic E-state index is 3.51. The summed E-state index contributed by atoms with van der Waals surface area (Å²) in [5.74, 6) is 0. The molecule has 0 aliphatic rings. The Morgan fingerprint density at radius 1 is 1.24 bits per heavy atom. The third-order valence-electron chi connectivity index (χ3n) is 3.00. The lowest BCUT2D eigenvalue weighted by Gasteiger charge is -2.14. The highest BCUT2D eigenvalue weighted by molar-refractivity contribution is 5.60. The summed E-state index contributed by atoms with van der Waals surface area (Å²) < 4.78 is 0. The summed E-state index contributed by atoms with van der Waals surface area (Å²) in [7, 11) is 0. The number of hydrogen-bond donors (Lipinski definition) is 2. The summed E-state index contributed by atoms with van der Waals surface area (Å²) in [5.41, 5.74) is 3.76. The minimum Gasteiger partial charge on any atom is -0.361 e. The number of nitrogens with one attached hydrogen (secondary N) is 2. The minimum atomic E-state index is 0.407. The first-order valence-electron chi connectivity index (χ1n) is 6.28. The normalized spacial score (nSPS) is 12.6. The highest BCUT2D eigenvalue weighted by atomic mass is 14.9. The Balaban J connectivity index is 2.17. The number of H-pyrrole nitrogens is 1. The predicted octanol–water partition coefficient (Wildman–Crippen LogP) is 3.74. The molecule has 1 aromatic carbocycles. The van der Waals surface area contributed by atoms with Crippen LogP contribution in [0.4, 0.5) is 0 Å². The van der Waals surface area contributed by atoms with Gasteiger partial charge in [0.2, 0.25) is 0 Å². The standard InChI is InChI=1S/C15H20N2/c1-3-9-16-12(2)13-6-4-7-14(11-13)15-8-5-10-17-15/h4-8,10-12,16-17H,3,9H2,1-2H3. The van der Waals surface area contributed by atoms with Crippen LogP contribution in [0.25, 0.3) is 11.3 Å². The quantitative estimate of drug-likeness (QED) is 0.801. The summed E-state index contributed by atoms with van der Waals surface area (Å²) in [5, 5.41) is 3.51. The predicted molar refractivity (Wildman–Crippen MR) is 72.9 cm³/mol.